The van der Waals surface area contributed by atoms with Gasteiger partial charge in [-0.1, -0.05) is 30.3 Å². The molecule has 1 aromatic heterocycles. The highest BCUT2D eigenvalue weighted by atomic mass is 16.5. The van der Waals surface area contributed by atoms with Crippen molar-refractivity contribution in [2.45, 2.75) is 38.0 Å². The van der Waals surface area contributed by atoms with Crippen LogP contribution in [0.15, 0.2) is 36.4 Å². The fraction of sp³-hybridized carbons (Fsp3) is 0.389. The van der Waals surface area contributed by atoms with E-state index in [0.717, 1.165) is 12.8 Å². The van der Waals surface area contributed by atoms with Gasteiger partial charge in [0.2, 0.25) is 0 Å². The molecule has 0 saturated carbocycles. The maximum Gasteiger partial charge on any atom is 0.354 e. The molecule has 0 radical (unpaired) electrons. The molecule has 110 valence electrons. The van der Waals surface area contributed by atoms with E-state index in [2.05, 4.69) is 35.3 Å². The molecule has 21 heavy (non-hydrogen) atoms. The van der Waals surface area contributed by atoms with Gasteiger partial charge in [-0.3, -0.25) is 0 Å². The second-order valence-corrected chi connectivity index (χ2v) is 5.72. The van der Waals surface area contributed by atoms with Gasteiger partial charge in [-0.2, -0.15) is 0 Å². The van der Waals surface area contributed by atoms with Gasteiger partial charge < -0.3 is 9.72 Å². The number of hydrogen-bond acceptors (Lipinski definition) is 2. The molecule has 1 aromatic carbocycles. The molecule has 1 atom stereocenters. The number of carbonyl (C=O) groups is 1. The lowest BCUT2D eigenvalue weighted by molar-refractivity contribution is 0.0594. The summed E-state index contributed by atoms with van der Waals surface area (Å²) in [5.41, 5.74) is 4.54. The van der Waals surface area contributed by atoms with Crippen LogP contribution in [0.2, 0.25) is 0 Å². The zero-order valence-electron chi connectivity index (χ0n) is 12.4. The monoisotopic (exact) mass is 283 g/mol. The first kappa shape index (κ1) is 13.9. The van der Waals surface area contributed by atoms with Gasteiger partial charge in [0.15, 0.2) is 0 Å². The van der Waals surface area contributed by atoms with Crippen LogP contribution in [0.4, 0.5) is 0 Å². The van der Waals surface area contributed by atoms with Crippen LogP contribution in [-0.2, 0) is 17.6 Å². The van der Waals surface area contributed by atoms with Crippen LogP contribution in [0.5, 0.6) is 0 Å². The summed E-state index contributed by atoms with van der Waals surface area (Å²) in [6.07, 6.45) is 5.73. The summed E-state index contributed by atoms with van der Waals surface area (Å²) in [4.78, 5) is 14.8. The number of aromatic nitrogens is 1. The Bertz CT molecular complexity index is 615. The number of benzene rings is 1. The number of H-pyrrole nitrogens is 1. The quantitative estimate of drug-likeness (QED) is 0.847. The second kappa shape index (κ2) is 6.17. The first-order valence-corrected chi connectivity index (χ1v) is 7.62. The van der Waals surface area contributed by atoms with Crippen molar-refractivity contribution in [2.75, 3.05) is 7.11 Å². The van der Waals surface area contributed by atoms with E-state index < -0.39 is 0 Å². The Morgan fingerprint density at radius 1 is 1.33 bits per heavy atom. The largest absolute Gasteiger partial charge is 0.464 e. The van der Waals surface area contributed by atoms with Crippen LogP contribution in [0.3, 0.4) is 0 Å². The van der Waals surface area contributed by atoms with E-state index in [9.17, 15) is 4.79 Å². The molecule has 0 saturated heterocycles. The summed E-state index contributed by atoms with van der Waals surface area (Å²) in [5.74, 6) is 0.311. The van der Waals surface area contributed by atoms with Crippen LogP contribution in [0.1, 0.15) is 52.5 Å². The minimum Gasteiger partial charge on any atom is -0.464 e. The molecular formula is C18H21NO2. The van der Waals surface area contributed by atoms with Gasteiger partial charge in [0.05, 0.1) is 7.11 Å². The van der Waals surface area contributed by atoms with Crippen molar-refractivity contribution in [3.63, 3.8) is 0 Å². The van der Waals surface area contributed by atoms with E-state index in [1.807, 2.05) is 6.07 Å². The Balaban J connectivity index is 1.59. The van der Waals surface area contributed by atoms with Gasteiger partial charge in [0, 0.05) is 5.69 Å². The van der Waals surface area contributed by atoms with Crippen molar-refractivity contribution in [1.82, 2.24) is 4.98 Å². The van der Waals surface area contributed by atoms with E-state index in [-0.39, 0.29) is 5.97 Å². The summed E-state index contributed by atoms with van der Waals surface area (Å²) >= 11 is 0. The summed E-state index contributed by atoms with van der Waals surface area (Å²) < 4.78 is 4.78. The highest BCUT2D eigenvalue weighted by Crippen LogP contribution is 2.37. The molecule has 0 spiro atoms. The number of fused-ring (bicyclic) bond motifs is 1. The third-order valence-electron chi connectivity index (χ3n) is 4.38. The maximum atomic E-state index is 11.6. The zero-order valence-corrected chi connectivity index (χ0v) is 12.4. The average molecular weight is 283 g/mol. The van der Waals surface area contributed by atoms with Crippen LogP contribution in [0, 0.1) is 0 Å². The Morgan fingerprint density at radius 2 is 2.14 bits per heavy atom. The van der Waals surface area contributed by atoms with Gasteiger partial charge in [-0.25, -0.2) is 4.79 Å². The van der Waals surface area contributed by atoms with Gasteiger partial charge in [-0.15, -0.1) is 0 Å². The SMILES string of the molecule is COC(=O)c1cc2c([nH]1)CCC2CCCc1ccccc1. The molecular weight excluding hydrogens is 262 g/mol. The highest BCUT2D eigenvalue weighted by Gasteiger charge is 2.26. The number of rotatable bonds is 5. The molecule has 1 N–H and O–H groups in total. The molecule has 0 aliphatic heterocycles. The number of hydrogen-bond donors (Lipinski definition) is 1. The summed E-state index contributed by atoms with van der Waals surface area (Å²) in [6, 6.07) is 12.6. The van der Waals surface area contributed by atoms with Crippen molar-refractivity contribution >= 4 is 5.97 Å². The molecule has 0 amide bonds. The van der Waals surface area contributed by atoms with E-state index in [0.29, 0.717) is 11.6 Å². The second-order valence-electron chi connectivity index (χ2n) is 5.72. The predicted molar refractivity (Wildman–Crippen MR) is 82.6 cm³/mol. The summed E-state index contributed by atoms with van der Waals surface area (Å²) in [7, 11) is 1.42. The molecule has 2 aromatic rings. The normalized spacial score (nSPS) is 16.7. The number of nitrogens with one attached hydrogen (secondary N) is 1. The lowest BCUT2D eigenvalue weighted by Crippen LogP contribution is -2.02. The maximum absolute atomic E-state index is 11.6. The van der Waals surface area contributed by atoms with Crippen LogP contribution in [0.25, 0.3) is 0 Å². The average Bonchev–Trinajstić information content (AvgIpc) is 3.09. The van der Waals surface area contributed by atoms with Crippen molar-refractivity contribution in [1.29, 1.82) is 0 Å². The topological polar surface area (TPSA) is 42.1 Å². The van der Waals surface area contributed by atoms with Crippen LogP contribution < -0.4 is 0 Å². The molecule has 1 heterocycles. The lowest BCUT2D eigenvalue weighted by atomic mass is 9.95. The molecule has 0 bridgehead atoms. The Hall–Kier alpha value is -2.03. The predicted octanol–water partition coefficient (Wildman–Crippen LogP) is 3.85. The van der Waals surface area contributed by atoms with E-state index in [4.69, 9.17) is 4.74 Å². The number of aryl methyl sites for hydroxylation is 2. The Labute approximate surface area is 125 Å². The Kier molecular flexibility index (Phi) is 4.09. The molecule has 1 aliphatic carbocycles. The number of methoxy groups -OCH3 is 1. The number of carbonyl (C=O) groups excluding carboxylic acids is 1. The fourth-order valence-electron chi connectivity index (χ4n) is 3.28. The summed E-state index contributed by atoms with van der Waals surface area (Å²) in [6.45, 7) is 0. The molecule has 1 unspecified atom stereocenters. The third-order valence-corrected chi connectivity index (χ3v) is 4.38. The van der Waals surface area contributed by atoms with Gasteiger partial charge >= 0.3 is 5.97 Å². The standard InChI is InChI=1S/C18H21NO2/c1-21-18(20)17-12-15-14(10-11-16(15)19-17)9-5-8-13-6-3-2-4-7-13/h2-4,6-7,12,14,19H,5,8-11H2,1H3. The molecule has 1 aliphatic rings. The van der Waals surface area contributed by atoms with E-state index in [1.165, 1.54) is 43.2 Å². The highest BCUT2D eigenvalue weighted by molar-refractivity contribution is 5.87. The Morgan fingerprint density at radius 3 is 2.90 bits per heavy atom. The van der Waals surface area contributed by atoms with Crippen LogP contribution in [-0.4, -0.2) is 18.1 Å². The number of ether oxygens (including phenoxy) is 1. The first-order chi connectivity index (χ1) is 10.3. The zero-order chi connectivity index (χ0) is 14.7. The minimum absolute atomic E-state index is 0.271. The van der Waals surface area contributed by atoms with Crippen molar-refractivity contribution < 1.29 is 9.53 Å². The van der Waals surface area contributed by atoms with Crippen molar-refractivity contribution in [3.8, 4) is 0 Å². The van der Waals surface area contributed by atoms with E-state index in [1.54, 1.807) is 0 Å². The number of aromatic amines is 1. The summed E-state index contributed by atoms with van der Waals surface area (Å²) in [5, 5.41) is 0. The van der Waals surface area contributed by atoms with Gasteiger partial charge in [0.1, 0.15) is 5.69 Å². The van der Waals surface area contributed by atoms with Gasteiger partial charge in [-0.05, 0) is 55.2 Å². The first-order valence-electron chi connectivity index (χ1n) is 7.62. The smallest absolute Gasteiger partial charge is 0.354 e. The molecule has 3 rings (SSSR count). The van der Waals surface area contributed by atoms with Gasteiger partial charge in [0.25, 0.3) is 0 Å². The van der Waals surface area contributed by atoms with Crippen LogP contribution >= 0.6 is 0 Å². The van der Waals surface area contributed by atoms with Crippen molar-refractivity contribution in [3.05, 3.63) is 58.9 Å². The fourth-order valence-corrected chi connectivity index (χ4v) is 3.28. The minimum atomic E-state index is -0.271. The molecule has 3 nitrogen and oxygen atoms in total. The third kappa shape index (κ3) is 3.02. The molecule has 0 fully saturated rings. The lowest BCUT2D eigenvalue weighted by Gasteiger charge is -2.09. The number of esters is 1. The molecule has 3 heteroatoms. The van der Waals surface area contributed by atoms with Crippen molar-refractivity contribution in [2.24, 2.45) is 0 Å². The van der Waals surface area contributed by atoms with E-state index >= 15 is 0 Å².